The van der Waals surface area contributed by atoms with Crippen molar-refractivity contribution in [2.24, 2.45) is 33.7 Å². The van der Waals surface area contributed by atoms with Crippen LogP contribution in [0.25, 0.3) is 0 Å². The molecule has 0 aromatic rings. The summed E-state index contributed by atoms with van der Waals surface area (Å²) >= 11 is 0. The number of rotatable bonds is 5. The molecule has 204 valence electrons. The van der Waals surface area contributed by atoms with Gasteiger partial charge in [0.1, 0.15) is 11.6 Å². The molecular weight excluding hydrogens is 470 g/mol. The van der Waals surface area contributed by atoms with Gasteiger partial charge in [0.25, 0.3) is 5.91 Å². The molecule has 1 heterocycles. The van der Waals surface area contributed by atoms with Gasteiger partial charge in [-0.15, -0.1) is 0 Å². The van der Waals surface area contributed by atoms with Crippen LogP contribution >= 0.6 is 0 Å². The third-order valence-corrected chi connectivity index (χ3v) is 11.0. The molecule has 0 radical (unpaired) electrons. The van der Waals surface area contributed by atoms with Gasteiger partial charge in [-0.3, -0.25) is 14.4 Å². The van der Waals surface area contributed by atoms with Crippen LogP contribution in [0.1, 0.15) is 91.4 Å². The van der Waals surface area contributed by atoms with Crippen LogP contribution < -0.4 is 10.6 Å². The summed E-state index contributed by atoms with van der Waals surface area (Å²) in [7, 11) is 0. The molecule has 2 amide bonds. The maximum absolute atomic E-state index is 12.4. The molecule has 0 bridgehead atoms. The van der Waals surface area contributed by atoms with Crippen LogP contribution in [0.2, 0.25) is 0 Å². The standard InChI is InChI=1S/C29H43N3O5/c1-18(33)29(36)14-11-23-21-8-7-19-16-20(9-12-27(19,2)22(21)10-13-28(23,29)3)32-37-17-25(34)31-24-6-4-5-15-30-26(24)35/h16,21-24,36H,4-15,17H2,1-3H3,(H,30,35)(H,31,34)/t21-,22+,23-,24-,27+,28+,29+/m1/s1. The minimum absolute atomic E-state index is 0.0664. The fraction of sp³-hybridized carbons (Fsp3) is 0.793. The van der Waals surface area contributed by atoms with Gasteiger partial charge in [-0.25, -0.2) is 0 Å². The van der Waals surface area contributed by atoms with Crippen molar-refractivity contribution in [1.82, 2.24) is 10.6 Å². The number of carbonyl (C=O) groups is 3. The number of hydrogen-bond acceptors (Lipinski definition) is 6. The Bertz CT molecular complexity index is 1020. The van der Waals surface area contributed by atoms with Crippen molar-refractivity contribution in [2.75, 3.05) is 13.2 Å². The van der Waals surface area contributed by atoms with Crippen molar-refractivity contribution < 1.29 is 24.3 Å². The second-order valence-electron chi connectivity index (χ2n) is 12.7. The molecule has 8 nitrogen and oxygen atoms in total. The van der Waals surface area contributed by atoms with Crippen molar-refractivity contribution in [3.63, 3.8) is 0 Å². The Labute approximate surface area is 220 Å². The molecule has 4 aliphatic carbocycles. The van der Waals surface area contributed by atoms with Crippen LogP contribution in [-0.2, 0) is 19.2 Å². The van der Waals surface area contributed by atoms with Gasteiger partial charge in [0.15, 0.2) is 12.4 Å². The van der Waals surface area contributed by atoms with Gasteiger partial charge >= 0.3 is 0 Å². The zero-order valence-corrected chi connectivity index (χ0v) is 22.6. The highest BCUT2D eigenvalue weighted by Gasteiger charge is 2.65. The Morgan fingerprint density at radius 3 is 2.68 bits per heavy atom. The number of nitrogens with one attached hydrogen (secondary N) is 2. The Balaban J connectivity index is 1.22. The molecule has 5 aliphatic rings. The minimum atomic E-state index is -1.17. The Hall–Kier alpha value is -2.22. The molecule has 0 unspecified atom stereocenters. The van der Waals surface area contributed by atoms with Crippen LogP contribution in [0.15, 0.2) is 16.8 Å². The van der Waals surface area contributed by atoms with E-state index in [2.05, 4.69) is 35.7 Å². The predicted octanol–water partition coefficient (Wildman–Crippen LogP) is 3.43. The van der Waals surface area contributed by atoms with Crippen molar-refractivity contribution in [3.05, 3.63) is 11.6 Å². The number of carbonyl (C=O) groups excluding carboxylic acids is 3. The second-order valence-corrected chi connectivity index (χ2v) is 12.7. The lowest BCUT2D eigenvalue weighted by molar-refractivity contribution is -0.159. The summed E-state index contributed by atoms with van der Waals surface area (Å²) < 4.78 is 0. The number of aliphatic hydroxyl groups is 1. The van der Waals surface area contributed by atoms with E-state index < -0.39 is 11.6 Å². The predicted molar refractivity (Wildman–Crippen MR) is 140 cm³/mol. The van der Waals surface area contributed by atoms with Crippen LogP contribution in [0.4, 0.5) is 0 Å². The molecule has 1 aliphatic heterocycles. The summed E-state index contributed by atoms with van der Waals surface area (Å²) in [5, 5.41) is 21.2. The van der Waals surface area contributed by atoms with Crippen LogP contribution in [0.3, 0.4) is 0 Å². The largest absolute Gasteiger partial charge is 0.385 e. The monoisotopic (exact) mass is 513 g/mol. The highest BCUT2D eigenvalue weighted by molar-refractivity contribution is 5.96. The molecule has 37 heavy (non-hydrogen) atoms. The average molecular weight is 514 g/mol. The minimum Gasteiger partial charge on any atom is -0.385 e. The molecule has 0 spiro atoms. The first-order valence-corrected chi connectivity index (χ1v) is 14.3. The summed E-state index contributed by atoms with van der Waals surface area (Å²) in [6.45, 7) is 6.58. The van der Waals surface area contributed by atoms with Gasteiger partial charge in [-0.2, -0.15) is 0 Å². The van der Waals surface area contributed by atoms with Gasteiger partial charge in [0.2, 0.25) is 5.91 Å². The summed E-state index contributed by atoms with van der Waals surface area (Å²) in [4.78, 5) is 42.2. The second kappa shape index (κ2) is 9.83. The number of hydrogen-bond donors (Lipinski definition) is 3. The normalized spacial score (nSPS) is 42.4. The maximum atomic E-state index is 12.4. The van der Waals surface area contributed by atoms with E-state index in [1.54, 1.807) is 6.92 Å². The van der Waals surface area contributed by atoms with E-state index in [0.717, 1.165) is 63.5 Å². The lowest BCUT2D eigenvalue weighted by Gasteiger charge is -2.59. The molecule has 7 atom stereocenters. The van der Waals surface area contributed by atoms with Crippen LogP contribution in [-0.4, -0.2) is 53.2 Å². The number of Topliss-reactive ketones (excluding diaryl/α,β-unsaturated/α-hetero) is 1. The third kappa shape index (κ3) is 4.43. The number of ketones is 1. The van der Waals surface area contributed by atoms with E-state index in [4.69, 9.17) is 4.84 Å². The van der Waals surface area contributed by atoms with Crippen LogP contribution in [0, 0.1) is 28.6 Å². The molecule has 3 saturated carbocycles. The van der Waals surface area contributed by atoms with E-state index in [9.17, 15) is 19.5 Å². The summed E-state index contributed by atoms with van der Waals surface area (Å²) in [6.07, 6.45) is 12.0. The van der Waals surface area contributed by atoms with Crippen LogP contribution in [0.5, 0.6) is 0 Å². The Morgan fingerprint density at radius 2 is 1.89 bits per heavy atom. The fourth-order valence-corrected chi connectivity index (χ4v) is 8.72. The van der Waals surface area contributed by atoms with E-state index in [1.165, 1.54) is 5.57 Å². The molecule has 3 N–H and O–H groups in total. The molecule has 4 fully saturated rings. The lowest BCUT2D eigenvalue weighted by atomic mass is 9.46. The lowest BCUT2D eigenvalue weighted by Crippen LogP contribution is -2.57. The highest BCUT2D eigenvalue weighted by Crippen LogP contribution is 2.67. The van der Waals surface area contributed by atoms with Crippen molar-refractivity contribution >= 4 is 23.3 Å². The van der Waals surface area contributed by atoms with Gasteiger partial charge in [-0.1, -0.05) is 24.6 Å². The molecule has 5 rings (SSSR count). The van der Waals surface area contributed by atoms with E-state index in [-0.39, 0.29) is 35.0 Å². The number of nitrogens with zero attached hydrogens (tertiary/aromatic N) is 1. The summed E-state index contributed by atoms with van der Waals surface area (Å²) in [5.41, 5.74) is 0.911. The van der Waals surface area contributed by atoms with Gasteiger partial charge in [-0.05, 0) is 107 Å². The van der Waals surface area contributed by atoms with E-state index >= 15 is 0 Å². The Morgan fingerprint density at radius 1 is 1.11 bits per heavy atom. The highest BCUT2D eigenvalue weighted by atomic mass is 16.6. The molecule has 1 saturated heterocycles. The van der Waals surface area contributed by atoms with Gasteiger partial charge < -0.3 is 20.6 Å². The number of fused-ring (bicyclic) bond motifs is 5. The number of allylic oxidation sites excluding steroid dienone is 2. The number of oxime groups is 1. The van der Waals surface area contributed by atoms with Crippen molar-refractivity contribution in [1.29, 1.82) is 0 Å². The SMILES string of the molecule is CC(=O)[C@@]1(O)CC[C@@H]2[C@@H]3CCC4=CC(=NOCC(=O)N[C@@H]5CCCCNC5=O)CC[C@]4(C)[C@H]3CC[C@@]21C. The quantitative estimate of drug-likeness (QED) is 0.487. The molecule has 8 heteroatoms. The van der Waals surface area contributed by atoms with E-state index in [1.807, 2.05) is 0 Å². The maximum Gasteiger partial charge on any atom is 0.261 e. The molecular formula is C29H43N3O5. The zero-order chi connectivity index (χ0) is 26.4. The third-order valence-electron chi connectivity index (χ3n) is 11.0. The topological polar surface area (TPSA) is 117 Å². The van der Waals surface area contributed by atoms with Gasteiger partial charge in [0, 0.05) is 12.0 Å². The molecule has 0 aromatic carbocycles. The summed E-state index contributed by atoms with van der Waals surface area (Å²) in [6, 6.07) is -0.498. The first kappa shape index (κ1) is 26.4. The van der Waals surface area contributed by atoms with Crippen molar-refractivity contribution in [3.8, 4) is 0 Å². The summed E-state index contributed by atoms with van der Waals surface area (Å²) in [5.74, 6) is 0.963. The first-order chi connectivity index (χ1) is 17.6. The average Bonchev–Trinajstić information content (AvgIpc) is 2.99. The van der Waals surface area contributed by atoms with Crippen molar-refractivity contribution in [2.45, 2.75) is 103 Å². The zero-order valence-electron chi connectivity index (χ0n) is 22.6. The first-order valence-electron chi connectivity index (χ1n) is 14.3. The fourth-order valence-electron chi connectivity index (χ4n) is 8.72. The van der Waals surface area contributed by atoms with E-state index in [0.29, 0.717) is 37.1 Å². The molecule has 0 aromatic heterocycles. The Kier molecular flexibility index (Phi) is 7.01. The smallest absolute Gasteiger partial charge is 0.261 e. The number of amides is 2. The van der Waals surface area contributed by atoms with Gasteiger partial charge in [0.05, 0.1) is 5.71 Å².